The van der Waals surface area contributed by atoms with Crippen LogP contribution in [-0.2, 0) is 0 Å². The fourth-order valence-corrected chi connectivity index (χ4v) is 1.54. The first-order valence-electron chi connectivity index (χ1n) is 5.45. The highest BCUT2D eigenvalue weighted by molar-refractivity contribution is 5.66. The molecule has 1 aliphatic carbocycles. The van der Waals surface area contributed by atoms with E-state index in [0.29, 0.717) is 6.61 Å². The smallest absolute Gasteiger partial charge is 0.168 e. The number of ether oxygens (including phenoxy) is 2. The van der Waals surface area contributed by atoms with Crippen molar-refractivity contribution in [2.75, 3.05) is 13.7 Å². The summed E-state index contributed by atoms with van der Waals surface area (Å²) in [6.45, 7) is 4.15. The Morgan fingerprint density at radius 2 is 2.19 bits per heavy atom. The molecule has 0 unspecified atom stereocenters. The molecule has 0 spiro atoms. The first kappa shape index (κ1) is 10.8. The van der Waals surface area contributed by atoms with Crippen molar-refractivity contribution in [3.05, 3.63) is 42.0 Å². The second-order valence-electron chi connectivity index (χ2n) is 3.78. The molecule has 2 rings (SSSR count). The number of hydrogen-bond donors (Lipinski definition) is 0. The number of rotatable bonds is 5. The average Bonchev–Trinajstić information content (AvgIpc) is 3.11. The van der Waals surface area contributed by atoms with Gasteiger partial charge in [-0.25, -0.2) is 0 Å². The van der Waals surface area contributed by atoms with E-state index in [-0.39, 0.29) is 0 Å². The number of hydrogen-bond acceptors (Lipinski definition) is 2. The first-order chi connectivity index (χ1) is 7.85. The van der Waals surface area contributed by atoms with Gasteiger partial charge in [-0.2, -0.15) is 0 Å². The maximum atomic E-state index is 5.65. The lowest BCUT2D eigenvalue weighted by molar-refractivity contribution is 0.326. The van der Waals surface area contributed by atoms with Gasteiger partial charge in [0.1, 0.15) is 6.61 Å². The SMILES string of the molecule is C=CCOc1c(C=C2CC2)cccc1OC. The molecule has 0 amide bonds. The minimum atomic E-state index is 0.497. The highest BCUT2D eigenvalue weighted by Crippen LogP contribution is 2.37. The van der Waals surface area contributed by atoms with E-state index in [1.165, 1.54) is 18.4 Å². The number of allylic oxidation sites excluding steroid dienone is 1. The summed E-state index contributed by atoms with van der Waals surface area (Å²) in [5.74, 6) is 1.58. The van der Waals surface area contributed by atoms with E-state index in [9.17, 15) is 0 Å². The molecule has 0 saturated heterocycles. The Bertz CT molecular complexity index is 413. The normalized spacial score (nSPS) is 13.2. The van der Waals surface area contributed by atoms with Crippen molar-refractivity contribution in [1.29, 1.82) is 0 Å². The maximum absolute atomic E-state index is 5.65. The predicted octanol–water partition coefficient (Wildman–Crippen LogP) is 3.44. The zero-order valence-electron chi connectivity index (χ0n) is 9.53. The topological polar surface area (TPSA) is 18.5 Å². The molecule has 0 aromatic heterocycles. The van der Waals surface area contributed by atoms with E-state index >= 15 is 0 Å². The molecule has 1 fully saturated rings. The van der Waals surface area contributed by atoms with Crippen LogP contribution in [0.4, 0.5) is 0 Å². The molecule has 1 aromatic rings. The molecule has 0 atom stereocenters. The minimum Gasteiger partial charge on any atom is -0.493 e. The lowest BCUT2D eigenvalue weighted by Gasteiger charge is -2.11. The van der Waals surface area contributed by atoms with Crippen LogP contribution in [0.3, 0.4) is 0 Å². The van der Waals surface area contributed by atoms with Crippen LogP contribution >= 0.6 is 0 Å². The molecular formula is C14H16O2. The number of methoxy groups -OCH3 is 1. The Balaban J connectivity index is 2.33. The fourth-order valence-electron chi connectivity index (χ4n) is 1.54. The second-order valence-corrected chi connectivity index (χ2v) is 3.78. The van der Waals surface area contributed by atoms with Crippen LogP contribution in [0.5, 0.6) is 11.5 Å². The molecule has 84 valence electrons. The van der Waals surface area contributed by atoms with Gasteiger partial charge in [-0.3, -0.25) is 0 Å². The predicted molar refractivity (Wildman–Crippen MR) is 65.9 cm³/mol. The summed E-state index contributed by atoms with van der Waals surface area (Å²) in [7, 11) is 1.66. The van der Waals surface area contributed by atoms with Crippen molar-refractivity contribution in [2.45, 2.75) is 12.8 Å². The van der Waals surface area contributed by atoms with Gasteiger partial charge < -0.3 is 9.47 Å². The van der Waals surface area contributed by atoms with Crippen molar-refractivity contribution in [3.8, 4) is 11.5 Å². The van der Waals surface area contributed by atoms with Crippen LogP contribution in [0.25, 0.3) is 6.08 Å². The summed E-state index contributed by atoms with van der Waals surface area (Å²) >= 11 is 0. The van der Waals surface area contributed by atoms with Gasteiger partial charge in [-0.1, -0.05) is 36.4 Å². The third-order valence-electron chi connectivity index (χ3n) is 2.47. The number of para-hydroxylation sites is 1. The summed E-state index contributed by atoms with van der Waals surface area (Å²) in [6.07, 6.45) is 6.33. The highest BCUT2D eigenvalue weighted by Gasteiger charge is 2.14. The van der Waals surface area contributed by atoms with E-state index in [1.807, 2.05) is 18.2 Å². The molecule has 2 nitrogen and oxygen atoms in total. The van der Waals surface area contributed by atoms with Gasteiger partial charge in [-0.15, -0.1) is 0 Å². The summed E-state index contributed by atoms with van der Waals surface area (Å²) in [4.78, 5) is 0. The number of benzene rings is 1. The van der Waals surface area contributed by atoms with Crippen LogP contribution in [0.15, 0.2) is 36.4 Å². The molecule has 0 radical (unpaired) electrons. The molecule has 2 heteroatoms. The third kappa shape index (κ3) is 2.45. The monoisotopic (exact) mass is 216 g/mol. The zero-order chi connectivity index (χ0) is 11.4. The largest absolute Gasteiger partial charge is 0.493 e. The Morgan fingerprint density at radius 1 is 1.38 bits per heavy atom. The van der Waals surface area contributed by atoms with Gasteiger partial charge in [0.05, 0.1) is 7.11 Å². The van der Waals surface area contributed by atoms with Crippen LogP contribution in [0.2, 0.25) is 0 Å². The van der Waals surface area contributed by atoms with Crippen molar-refractivity contribution in [2.24, 2.45) is 0 Å². The lowest BCUT2D eigenvalue weighted by Crippen LogP contribution is -1.98. The quantitative estimate of drug-likeness (QED) is 0.702. The van der Waals surface area contributed by atoms with Gasteiger partial charge in [0.25, 0.3) is 0 Å². The minimum absolute atomic E-state index is 0.497. The fraction of sp³-hybridized carbons (Fsp3) is 0.286. The molecule has 0 heterocycles. The molecule has 16 heavy (non-hydrogen) atoms. The standard InChI is InChI=1S/C14H16O2/c1-3-9-16-14-12(10-11-7-8-11)5-4-6-13(14)15-2/h3-6,10H,1,7-9H2,2H3. The Kier molecular flexibility index (Phi) is 3.30. The van der Waals surface area contributed by atoms with Gasteiger partial charge in [0, 0.05) is 5.56 Å². The summed E-state index contributed by atoms with van der Waals surface area (Å²) in [5.41, 5.74) is 2.56. The summed E-state index contributed by atoms with van der Waals surface area (Å²) in [5, 5.41) is 0. The van der Waals surface area contributed by atoms with E-state index in [1.54, 1.807) is 13.2 Å². The lowest BCUT2D eigenvalue weighted by atomic mass is 10.1. The molecule has 0 bridgehead atoms. The molecule has 0 N–H and O–H groups in total. The van der Waals surface area contributed by atoms with Crippen LogP contribution < -0.4 is 9.47 Å². The van der Waals surface area contributed by atoms with Crippen LogP contribution in [-0.4, -0.2) is 13.7 Å². The molecule has 0 aliphatic heterocycles. The van der Waals surface area contributed by atoms with E-state index in [4.69, 9.17) is 9.47 Å². The van der Waals surface area contributed by atoms with E-state index in [2.05, 4.69) is 12.7 Å². The highest BCUT2D eigenvalue weighted by atomic mass is 16.5. The summed E-state index contributed by atoms with van der Waals surface area (Å²) in [6, 6.07) is 5.94. The van der Waals surface area contributed by atoms with Gasteiger partial charge in [0.15, 0.2) is 11.5 Å². The van der Waals surface area contributed by atoms with Crippen molar-refractivity contribution in [3.63, 3.8) is 0 Å². The molecule has 1 saturated carbocycles. The Labute approximate surface area is 96.2 Å². The van der Waals surface area contributed by atoms with Gasteiger partial charge in [-0.05, 0) is 18.9 Å². The van der Waals surface area contributed by atoms with Crippen molar-refractivity contribution in [1.82, 2.24) is 0 Å². The van der Waals surface area contributed by atoms with E-state index in [0.717, 1.165) is 17.1 Å². The van der Waals surface area contributed by atoms with Gasteiger partial charge in [0.2, 0.25) is 0 Å². The second kappa shape index (κ2) is 4.88. The van der Waals surface area contributed by atoms with E-state index < -0.39 is 0 Å². The Hall–Kier alpha value is -1.70. The van der Waals surface area contributed by atoms with Crippen LogP contribution in [0, 0.1) is 0 Å². The first-order valence-corrected chi connectivity index (χ1v) is 5.45. The maximum Gasteiger partial charge on any atom is 0.168 e. The van der Waals surface area contributed by atoms with Crippen molar-refractivity contribution < 1.29 is 9.47 Å². The van der Waals surface area contributed by atoms with Gasteiger partial charge >= 0.3 is 0 Å². The van der Waals surface area contributed by atoms with Crippen LogP contribution in [0.1, 0.15) is 18.4 Å². The Morgan fingerprint density at radius 3 is 2.81 bits per heavy atom. The molecule has 1 aromatic carbocycles. The average molecular weight is 216 g/mol. The third-order valence-corrected chi connectivity index (χ3v) is 2.47. The molecule has 1 aliphatic rings. The zero-order valence-corrected chi connectivity index (χ0v) is 9.53. The van der Waals surface area contributed by atoms with Crippen molar-refractivity contribution >= 4 is 6.08 Å². The summed E-state index contributed by atoms with van der Waals surface area (Å²) < 4.78 is 10.9. The molecular weight excluding hydrogens is 200 g/mol.